The number of aliphatic hydroxyl groups is 2. The lowest BCUT2D eigenvalue weighted by Gasteiger charge is -2.49. The molecule has 2 aliphatic rings. The van der Waals surface area contributed by atoms with Crippen molar-refractivity contribution in [1.29, 1.82) is 0 Å². The van der Waals surface area contributed by atoms with Gasteiger partial charge in [0, 0.05) is 6.42 Å². The summed E-state index contributed by atoms with van der Waals surface area (Å²) < 4.78 is 25.0. The monoisotopic (exact) mass is 456 g/mol. The number of rotatable bonds is 8. The summed E-state index contributed by atoms with van der Waals surface area (Å²) in [6.45, 7) is 6.42. The molecule has 6 heteroatoms. The van der Waals surface area contributed by atoms with Crippen LogP contribution in [-0.4, -0.2) is 53.1 Å². The molecule has 4 rings (SSSR count). The van der Waals surface area contributed by atoms with E-state index in [4.69, 9.17) is 18.9 Å². The highest BCUT2D eigenvalue weighted by Gasteiger charge is 2.61. The average Bonchev–Trinajstić information content (AvgIpc) is 3.07. The zero-order valence-corrected chi connectivity index (χ0v) is 19.7. The van der Waals surface area contributed by atoms with E-state index in [1.165, 1.54) is 0 Å². The lowest BCUT2D eigenvalue weighted by atomic mass is 9.71. The van der Waals surface area contributed by atoms with Crippen LogP contribution in [-0.2, 0) is 32.2 Å². The molecule has 2 heterocycles. The van der Waals surface area contributed by atoms with Gasteiger partial charge in [0.05, 0.1) is 55.8 Å². The Balaban J connectivity index is 1.53. The smallest absolute Gasteiger partial charge is 0.171 e. The van der Waals surface area contributed by atoms with Gasteiger partial charge in [0.25, 0.3) is 0 Å². The molecule has 0 radical (unpaired) electrons. The molecule has 2 fully saturated rings. The minimum absolute atomic E-state index is 0.146. The Morgan fingerprint density at radius 2 is 1.45 bits per heavy atom. The summed E-state index contributed by atoms with van der Waals surface area (Å²) >= 11 is 0. The molecule has 2 aliphatic heterocycles. The molecule has 2 aromatic rings. The highest BCUT2D eigenvalue weighted by molar-refractivity contribution is 5.15. The number of benzene rings is 2. The standard InChI is InChI=1S/C27H36O6/c1-19-23(30-17-20-10-6-4-7-11-20)14-24(31-18-21-12-8-5-9-13-21)25(32-19)26(2)15-22(16-28)33-27(26,3)29/h4-13,19,22-25,28-29H,14-18H2,1-3H3/t19-,22-,23-,24-,25-,26-,27?/m1/s1. The van der Waals surface area contributed by atoms with Gasteiger partial charge in [0.1, 0.15) is 0 Å². The van der Waals surface area contributed by atoms with Crippen LogP contribution in [0.5, 0.6) is 0 Å². The first-order chi connectivity index (χ1) is 15.8. The van der Waals surface area contributed by atoms with E-state index in [9.17, 15) is 10.2 Å². The molecular formula is C27H36O6. The van der Waals surface area contributed by atoms with Crippen LogP contribution in [0.2, 0.25) is 0 Å². The molecular weight excluding hydrogens is 420 g/mol. The maximum Gasteiger partial charge on any atom is 0.171 e. The summed E-state index contributed by atoms with van der Waals surface area (Å²) in [6.07, 6.45) is -0.372. The third-order valence-electron chi connectivity index (χ3n) is 7.24. The van der Waals surface area contributed by atoms with Crippen molar-refractivity contribution in [2.75, 3.05) is 6.61 Å². The van der Waals surface area contributed by atoms with E-state index in [0.717, 1.165) is 11.1 Å². The van der Waals surface area contributed by atoms with Crippen molar-refractivity contribution in [3.8, 4) is 0 Å². The Morgan fingerprint density at radius 1 is 0.909 bits per heavy atom. The molecule has 0 spiro atoms. The Labute approximate surface area is 196 Å². The van der Waals surface area contributed by atoms with Crippen molar-refractivity contribution in [1.82, 2.24) is 0 Å². The van der Waals surface area contributed by atoms with Crippen LogP contribution in [0.1, 0.15) is 44.7 Å². The minimum atomic E-state index is -1.45. The molecule has 0 amide bonds. The van der Waals surface area contributed by atoms with E-state index in [2.05, 4.69) is 0 Å². The van der Waals surface area contributed by atoms with Crippen molar-refractivity contribution >= 4 is 0 Å². The molecule has 0 bridgehead atoms. The molecule has 2 saturated heterocycles. The number of aliphatic hydroxyl groups excluding tert-OH is 1. The van der Waals surface area contributed by atoms with Crippen molar-refractivity contribution in [3.05, 3.63) is 71.8 Å². The maximum absolute atomic E-state index is 11.2. The summed E-state index contributed by atoms with van der Waals surface area (Å²) in [5.41, 5.74) is 1.43. The van der Waals surface area contributed by atoms with Gasteiger partial charge in [0.15, 0.2) is 5.79 Å². The minimum Gasteiger partial charge on any atom is -0.394 e. The SMILES string of the molecule is C[C@H]1O[C@@H]([C@@]2(C)C[C@H](CO)OC2(C)O)[C@H](OCc2ccccc2)C[C@H]1OCc1ccccc1. The summed E-state index contributed by atoms with van der Waals surface area (Å²) in [6, 6.07) is 20.1. The van der Waals surface area contributed by atoms with Crippen LogP contribution < -0.4 is 0 Å². The Bertz CT molecular complexity index is 873. The first-order valence-electron chi connectivity index (χ1n) is 11.8. The first kappa shape index (κ1) is 24.3. The maximum atomic E-state index is 11.2. The van der Waals surface area contributed by atoms with Gasteiger partial charge in [0.2, 0.25) is 0 Å². The molecule has 6 nitrogen and oxygen atoms in total. The average molecular weight is 457 g/mol. The predicted molar refractivity (Wildman–Crippen MR) is 124 cm³/mol. The highest BCUT2D eigenvalue weighted by atomic mass is 16.6. The molecule has 0 aromatic heterocycles. The van der Waals surface area contributed by atoms with Gasteiger partial charge in [-0.15, -0.1) is 0 Å². The van der Waals surface area contributed by atoms with E-state index in [0.29, 0.717) is 26.1 Å². The van der Waals surface area contributed by atoms with Crippen LogP contribution in [0, 0.1) is 5.41 Å². The van der Waals surface area contributed by atoms with E-state index < -0.39 is 23.4 Å². The number of hydrogen-bond donors (Lipinski definition) is 2. The largest absolute Gasteiger partial charge is 0.394 e. The zero-order valence-electron chi connectivity index (χ0n) is 19.7. The van der Waals surface area contributed by atoms with E-state index in [-0.39, 0.29) is 24.9 Å². The molecule has 0 aliphatic carbocycles. The fourth-order valence-electron chi connectivity index (χ4n) is 5.07. The third kappa shape index (κ3) is 5.32. The van der Waals surface area contributed by atoms with Crippen LogP contribution in [0.4, 0.5) is 0 Å². The van der Waals surface area contributed by atoms with E-state index >= 15 is 0 Å². The van der Waals surface area contributed by atoms with Gasteiger partial charge < -0.3 is 29.2 Å². The van der Waals surface area contributed by atoms with Gasteiger partial charge in [-0.2, -0.15) is 0 Å². The van der Waals surface area contributed by atoms with Gasteiger partial charge in [-0.25, -0.2) is 0 Å². The Kier molecular flexibility index (Phi) is 7.53. The van der Waals surface area contributed by atoms with Crippen LogP contribution in [0.15, 0.2) is 60.7 Å². The van der Waals surface area contributed by atoms with Gasteiger partial charge in [-0.1, -0.05) is 67.6 Å². The number of hydrogen-bond acceptors (Lipinski definition) is 6. The normalized spacial score (nSPS) is 36.7. The van der Waals surface area contributed by atoms with E-state index in [1.807, 2.05) is 74.5 Å². The molecule has 0 saturated carbocycles. The van der Waals surface area contributed by atoms with Crippen LogP contribution in [0.3, 0.4) is 0 Å². The molecule has 180 valence electrons. The van der Waals surface area contributed by atoms with Crippen molar-refractivity contribution in [3.63, 3.8) is 0 Å². The zero-order chi connectivity index (χ0) is 23.5. The fraction of sp³-hybridized carbons (Fsp3) is 0.556. The van der Waals surface area contributed by atoms with Gasteiger partial charge in [-0.05, 0) is 31.4 Å². The summed E-state index contributed by atoms with van der Waals surface area (Å²) in [5, 5.41) is 20.9. The summed E-state index contributed by atoms with van der Waals surface area (Å²) in [7, 11) is 0. The second kappa shape index (κ2) is 10.2. The lowest BCUT2D eigenvalue weighted by molar-refractivity contribution is -0.290. The summed E-state index contributed by atoms with van der Waals surface area (Å²) in [4.78, 5) is 0. The third-order valence-corrected chi connectivity index (χ3v) is 7.24. The van der Waals surface area contributed by atoms with Crippen LogP contribution in [0.25, 0.3) is 0 Å². The van der Waals surface area contributed by atoms with E-state index in [1.54, 1.807) is 6.92 Å². The lowest BCUT2D eigenvalue weighted by Crippen LogP contribution is -2.59. The van der Waals surface area contributed by atoms with Gasteiger partial charge >= 0.3 is 0 Å². The summed E-state index contributed by atoms with van der Waals surface area (Å²) in [5.74, 6) is -1.45. The Hall–Kier alpha value is -1.80. The molecule has 1 unspecified atom stereocenters. The quantitative estimate of drug-likeness (QED) is 0.629. The second-order valence-electron chi connectivity index (χ2n) is 9.69. The second-order valence-corrected chi connectivity index (χ2v) is 9.69. The van der Waals surface area contributed by atoms with Crippen molar-refractivity contribution in [2.24, 2.45) is 5.41 Å². The molecule has 7 atom stereocenters. The highest BCUT2D eigenvalue weighted by Crippen LogP contribution is 2.51. The predicted octanol–water partition coefficient (Wildman–Crippen LogP) is 3.83. The molecule has 33 heavy (non-hydrogen) atoms. The Morgan fingerprint density at radius 3 is 1.97 bits per heavy atom. The number of ether oxygens (including phenoxy) is 4. The molecule has 2 N–H and O–H groups in total. The van der Waals surface area contributed by atoms with Crippen LogP contribution >= 0.6 is 0 Å². The first-order valence-corrected chi connectivity index (χ1v) is 11.8. The fourth-order valence-corrected chi connectivity index (χ4v) is 5.07. The van der Waals surface area contributed by atoms with Crippen molar-refractivity contribution < 1.29 is 29.2 Å². The van der Waals surface area contributed by atoms with Gasteiger partial charge in [-0.3, -0.25) is 0 Å². The topological polar surface area (TPSA) is 77.4 Å². The van der Waals surface area contributed by atoms with Crippen molar-refractivity contribution in [2.45, 2.75) is 83.1 Å². The molecule has 2 aromatic carbocycles.